The number of imide groups is 1. The summed E-state index contributed by atoms with van der Waals surface area (Å²) in [6.45, 7) is 1.94. The third-order valence-electron chi connectivity index (χ3n) is 6.89. The Bertz CT molecular complexity index is 1130. The number of rotatable bonds is 1. The number of hydrogen-bond donors (Lipinski definition) is 0. The van der Waals surface area contributed by atoms with E-state index < -0.39 is 0 Å². The molecule has 1 heterocycles. The molecular weight excluding hydrogens is 506 g/mol. The molecule has 0 aromatic heterocycles. The zero-order valence-electron chi connectivity index (χ0n) is 16.1. The van der Waals surface area contributed by atoms with Gasteiger partial charge < -0.3 is 0 Å². The standard InChI is InChI=1S/C25H17Br2NO2/c1-12-10-13(26)11-18(27)23(12)28-24(29)21-19-14-6-2-3-7-15(14)20(22(21)25(28)30)17-9-5-4-8-16(17)19/h2-11,19-22H,1H3. The molecule has 148 valence electrons. The first kappa shape index (κ1) is 18.5. The molecule has 4 aliphatic rings. The molecule has 1 aliphatic heterocycles. The summed E-state index contributed by atoms with van der Waals surface area (Å²) >= 11 is 7.09. The van der Waals surface area contributed by atoms with Gasteiger partial charge in [-0.2, -0.15) is 0 Å². The molecule has 2 unspecified atom stereocenters. The fourth-order valence-corrected chi connectivity index (χ4v) is 7.49. The van der Waals surface area contributed by atoms with Crippen LogP contribution in [0, 0.1) is 18.8 Å². The Morgan fingerprint density at radius 3 is 1.57 bits per heavy atom. The van der Waals surface area contributed by atoms with Crippen molar-refractivity contribution >= 4 is 49.4 Å². The molecule has 0 spiro atoms. The van der Waals surface area contributed by atoms with Crippen LogP contribution in [-0.4, -0.2) is 11.8 Å². The molecule has 2 bridgehead atoms. The Labute approximate surface area is 191 Å². The quantitative estimate of drug-likeness (QED) is 0.372. The first-order chi connectivity index (χ1) is 14.5. The van der Waals surface area contributed by atoms with Crippen molar-refractivity contribution in [1.82, 2.24) is 0 Å². The summed E-state index contributed by atoms with van der Waals surface area (Å²) in [5, 5.41) is 0. The number of carbonyl (C=O) groups excluding carboxylic acids is 2. The Morgan fingerprint density at radius 1 is 0.733 bits per heavy atom. The number of nitrogens with zero attached hydrogens (tertiary/aromatic N) is 1. The van der Waals surface area contributed by atoms with Gasteiger partial charge >= 0.3 is 0 Å². The van der Waals surface area contributed by atoms with Gasteiger partial charge in [-0.05, 0) is 62.8 Å². The van der Waals surface area contributed by atoms with Crippen LogP contribution in [0.25, 0.3) is 0 Å². The van der Waals surface area contributed by atoms with Crippen molar-refractivity contribution in [3.05, 3.63) is 97.4 Å². The van der Waals surface area contributed by atoms with Crippen LogP contribution in [0.4, 0.5) is 5.69 Å². The Morgan fingerprint density at radius 2 is 1.17 bits per heavy atom. The van der Waals surface area contributed by atoms with Crippen LogP contribution >= 0.6 is 31.9 Å². The van der Waals surface area contributed by atoms with Crippen LogP contribution in [0.5, 0.6) is 0 Å². The molecule has 0 saturated carbocycles. The van der Waals surface area contributed by atoms with E-state index in [0.29, 0.717) is 5.69 Å². The van der Waals surface area contributed by atoms with Crippen LogP contribution < -0.4 is 4.90 Å². The molecule has 7 rings (SSSR count). The highest BCUT2D eigenvalue weighted by molar-refractivity contribution is 9.11. The summed E-state index contributed by atoms with van der Waals surface area (Å²) in [7, 11) is 0. The molecule has 0 radical (unpaired) electrons. The van der Waals surface area contributed by atoms with E-state index in [-0.39, 0.29) is 35.5 Å². The monoisotopic (exact) mass is 521 g/mol. The fourth-order valence-electron chi connectivity index (χ4n) is 5.88. The third kappa shape index (κ3) is 2.25. The second-order valence-corrected chi connectivity index (χ2v) is 10.1. The average molecular weight is 523 g/mol. The molecule has 5 heteroatoms. The third-order valence-corrected chi connectivity index (χ3v) is 7.95. The molecule has 0 N–H and O–H groups in total. The lowest BCUT2D eigenvalue weighted by Gasteiger charge is -2.45. The average Bonchev–Trinajstić information content (AvgIpc) is 2.99. The number of halogens is 2. The maximum Gasteiger partial charge on any atom is 0.238 e. The largest absolute Gasteiger partial charge is 0.274 e. The maximum absolute atomic E-state index is 13.8. The van der Waals surface area contributed by atoms with Crippen molar-refractivity contribution in [2.24, 2.45) is 11.8 Å². The Kier molecular flexibility index (Phi) is 3.94. The van der Waals surface area contributed by atoms with Crippen LogP contribution in [0.1, 0.15) is 39.7 Å². The number of carbonyl (C=O) groups is 2. The minimum absolute atomic E-state index is 0.0802. The summed E-state index contributed by atoms with van der Waals surface area (Å²) in [5.41, 5.74) is 6.32. The molecule has 1 saturated heterocycles. The lowest BCUT2D eigenvalue weighted by Crippen LogP contribution is -2.41. The number of amides is 2. The zero-order chi connectivity index (χ0) is 20.7. The molecule has 3 aliphatic carbocycles. The van der Waals surface area contributed by atoms with Crippen LogP contribution in [0.3, 0.4) is 0 Å². The van der Waals surface area contributed by atoms with E-state index in [1.807, 2.05) is 43.3 Å². The summed E-state index contributed by atoms with van der Waals surface area (Å²) in [5.74, 6) is -1.05. The highest BCUT2D eigenvalue weighted by atomic mass is 79.9. The van der Waals surface area contributed by atoms with Gasteiger partial charge in [-0.1, -0.05) is 64.5 Å². The number of benzene rings is 3. The second-order valence-electron chi connectivity index (χ2n) is 8.33. The number of hydrogen-bond acceptors (Lipinski definition) is 2. The summed E-state index contributed by atoms with van der Waals surface area (Å²) < 4.78 is 1.66. The maximum atomic E-state index is 13.8. The van der Waals surface area contributed by atoms with Gasteiger partial charge in [-0.3, -0.25) is 9.59 Å². The summed E-state index contributed by atoms with van der Waals surface area (Å²) in [6.07, 6.45) is 0. The van der Waals surface area contributed by atoms with E-state index in [0.717, 1.165) is 14.5 Å². The van der Waals surface area contributed by atoms with Crippen molar-refractivity contribution in [2.75, 3.05) is 4.90 Å². The van der Waals surface area contributed by atoms with Crippen molar-refractivity contribution in [2.45, 2.75) is 18.8 Å². The first-order valence-corrected chi connectivity index (χ1v) is 11.6. The van der Waals surface area contributed by atoms with Gasteiger partial charge in [0, 0.05) is 20.8 Å². The van der Waals surface area contributed by atoms with Crippen molar-refractivity contribution in [3.63, 3.8) is 0 Å². The molecular formula is C25H17Br2NO2. The SMILES string of the molecule is Cc1cc(Br)cc(Br)c1N1C(=O)C2C3c4ccccc4C(c4ccccc43)C2C1=O. The summed E-state index contributed by atoms with van der Waals surface area (Å²) in [6, 6.07) is 20.5. The van der Waals surface area contributed by atoms with E-state index in [9.17, 15) is 9.59 Å². The topological polar surface area (TPSA) is 37.4 Å². The zero-order valence-corrected chi connectivity index (χ0v) is 19.3. The molecule has 2 atom stereocenters. The first-order valence-electron chi connectivity index (χ1n) is 10.00. The van der Waals surface area contributed by atoms with Gasteiger partial charge in [-0.15, -0.1) is 0 Å². The molecule has 3 nitrogen and oxygen atoms in total. The van der Waals surface area contributed by atoms with Crippen molar-refractivity contribution in [1.29, 1.82) is 0 Å². The highest BCUT2D eigenvalue weighted by Crippen LogP contribution is 2.61. The van der Waals surface area contributed by atoms with Gasteiger partial charge in [0.25, 0.3) is 0 Å². The Hall–Kier alpha value is -2.24. The van der Waals surface area contributed by atoms with Gasteiger partial charge in [0.2, 0.25) is 11.8 Å². The lowest BCUT2D eigenvalue weighted by molar-refractivity contribution is -0.122. The van der Waals surface area contributed by atoms with E-state index in [1.165, 1.54) is 27.2 Å². The predicted octanol–water partition coefficient (Wildman–Crippen LogP) is 5.92. The van der Waals surface area contributed by atoms with Gasteiger partial charge in [0.05, 0.1) is 17.5 Å². The lowest BCUT2D eigenvalue weighted by atomic mass is 9.55. The molecule has 3 aromatic rings. The van der Waals surface area contributed by atoms with Crippen LogP contribution in [-0.2, 0) is 9.59 Å². The molecule has 2 amide bonds. The normalized spacial score (nSPS) is 25.9. The van der Waals surface area contributed by atoms with Gasteiger partial charge in [0.15, 0.2) is 0 Å². The Balaban J connectivity index is 1.58. The second kappa shape index (κ2) is 6.38. The van der Waals surface area contributed by atoms with E-state index in [1.54, 1.807) is 0 Å². The highest BCUT2D eigenvalue weighted by Gasteiger charge is 2.62. The summed E-state index contributed by atoms with van der Waals surface area (Å²) in [4.78, 5) is 29.1. The van der Waals surface area contributed by atoms with Crippen molar-refractivity contribution < 1.29 is 9.59 Å². The minimum Gasteiger partial charge on any atom is -0.274 e. The van der Waals surface area contributed by atoms with Crippen molar-refractivity contribution in [3.8, 4) is 0 Å². The smallest absolute Gasteiger partial charge is 0.238 e. The van der Waals surface area contributed by atoms with E-state index in [4.69, 9.17) is 0 Å². The number of anilines is 1. The molecule has 3 aromatic carbocycles. The van der Waals surface area contributed by atoms with Crippen LogP contribution in [0.2, 0.25) is 0 Å². The van der Waals surface area contributed by atoms with E-state index >= 15 is 0 Å². The van der Waals surface area contributed by atoms with Gasteiger partial charge in [0.1, 0.15) is 0 Å². The molecule has 30 heavy (non-hydrogen) atoms. The van der Waals surface area contributed by atoms with Crippen LogP contribution in [0.15, 0.2) is 69.6 Å². The predicted molar refractivity (Wildman–Crippen MR) is 123 cm³/mol. The van der Waals surface area contributed by atoms with Gasteiger partial charge in [-0.25, -0.2) is 4.90 Å². The number of aryl methyl sites for hydroxylation is 1. The minimum atomic E-state index is -0.359. The fraction of sp³-hybridized carbons (Fsp3) is 0.200. The van der Waals surface area contributed by atoms with E-state index in [2.05, 4.69) is 56.1 Å². The molecule has 1 fully saturated rings.